The first kappa shape index (κ1) is 14.8. The Labute approximate surface area is 132 Å². The number of amides is 2. The Kier molecular flexibility index (Phi) is 4.24. The van der Waals surface area contributed by atoms with Crippen LogP contribution in [-0.2, 0) is 4.79 Å². The van der Waals surface area contributed by atoms with E-state index < -0.39 is 0 Å². The molecule has 116 valence electrons. The normalized spacial score (nSPS) is 13.9. The zero-order valence-corrected chi connectivity index (χ0v) is 13.1. The second-order valence-electron chi connectivity index (χ2n) is 5.48. The van der Waals surface area contributed by atoms with Gasteiger partial charge in [-0.3, -0.25) is 9.59 Å². The van der Waals surface area contributed by atoms with Crippen molar-refractivity contribution in [3.05, 3.63) is 34.2 Å². The van der Waals surface area contributed by atoms with Gasteiger partial charge in [-0.25, -0.2) is 0 Å². The van der Waals surface area contributed by atoms with Gasteiger partial charge in [0.25, 0.3) is 5.91 Å². The number of aromatic nitrogens is 1. The largest absolute Gasteiger partial charge is 0.360 e. The van der Waals surface area contributed by atoms with Gasteiger partial charge >= 0.3 is 0 Å². The van der Waals surface area contributed by atoms with Crippen LogP contribution in [0, 0.1) is 12.8 Å². The molecular weight excluding hydrogens is 302 g/mol. The maximum atomic E-state index is 12.5. The smallest absolute Gasteiger partial charge is 0.264 e. The van der Waals surface area contributed by atoms with E-state index in [0.29, 0.717) is 28.9 Å². The Morgan fingerprint density at radius 2 is 2.32 bits per heavy atom. The highest BCUT2D eigenvalue weighted by molar-refractivity contribution is 7.12. The van der Waals surface area contributed by atoms with E-state index in [1.807, 2.05) is 11.4 Å². The summed E-state index contributed by atoms with van der Waals surface area (Å²) >= 11 is 1.39. The molecule has 0 bridgehead atoms. The van der Waals surface area contributed by atoms with Gasteiger partial charge in [0.1, 0.15) is 12.3 Å². The Balaban J connectivity index is 1.64. The number of nitrogens with zero attached hydrogens (tertiary/aromatic N) is 2. The first-order chi connectivity index (χ1) is 10.6. The number of thiophene rings is 1. The topological polar surface area (TPSA) is 75.4 Å². The third kappa shape index (κ3) is 3.73. The first-order valence-electron chi connectivity index (χ1n) is 7.18. The van der Waals surface area contributed by atoms with E-state index in [4.69, 9.17) is 4.52 Å². The molecular formula is C15H17N3O3S. The Bertz CT molecular complexity index is 661. The maximum Gasteiger partial charge on any atom is 0.264 e. The van der Waals surface area contributed by atoms with Crippen LogP contribution in [0.5, 0.6) is 0 Å². The van der Waals surface area contributed by atoms with Crippen LogP contribution in [0.3, 0.4) is 0 Å². The van der Waals surface area contributed by atoms with Crippen molar-refractivity contribution in [2.75, 3.05) is 18.4 Å². The van der Waals surface area contributed by atoms with Crippen molar-refractivity contribution in [1.82, 2.24) is 10.1 Å². The fraction of sp³-hybridized carbons (Fsp3) is 0.400. The summed E-state index contributed by atoms with van der Waals surface area (Å²) in [5.74, 6) is 1.16. The fourth-order valence-electron chi connectivity index (χ4n) is 2.17. The third-order valence-corrected chi connectivity index (χ3v) is 4.28. The van der Waals surface area contributed by atoms with Gasteiger partial charge < -0.3 is 14.7 Å². The molecule has 2 amide bonds. The molecule has 0 saturated heterocycles. The van der Waals surface area contributed by atoms with E-state index in [-0.39, 0.29) is 18.4 Å². The molecule has 1 aliphatic carbocycles. The predicted octanol–water partition coefficient (Wildman–Crippen LogP) is 2.54. The third-order valence-electron chi connectivity index (χ3n) is 3.42. The number of hydrogen-bond donors (Lipinski definition) is 1. The van der Waals surface area contributed by atoms with E-state index >= 15 is 0 Å². The molecule has 0 aromatic carbocycles. The molecule has 6 nitrogen and oxygen atoms in total. The summed E-state index contributed by atoms with van der Waals surface area (Å²) in [5.41, 5.74) is 0. The molecule has 1 N–H and O–H groups in total. The summed E-state index contributed by atoms with van der Waals surface area (Å²) in [6.45, 7) is 2.41. The van der Waals surface area contributed by atoms with Crippen molar-refractivity contribution >= 4 is 29.0 Å². The highest BCUT2D eigenvalue weighted by Crippen LogP contribution is 2.30. The average molecular weight is 319 g/mol. The van der Waals surface area contributed by atoms with E-state index in [1.165, 1.54) is 11.3 Å². The van der Waals surface area contributed by atoms with Crippen LogP contribution >= 0.6 is 11.3 Å². The van der Waals surface area contributed by atoms with Crippen LogP contribution < -0.4 is 5.32 Å². The van der Waals surface area contributed by atoms with Gasteiger partial charge in [0.15, 0.2) is 5.82 Å². The van der Waals surface area contributed by atoms with Gasteiger partial charge in [-0.15, -0.1) is 11.3 Å². The molecule has 2 aromatic rings. The highest BCUT2D eigenvalue weighted by Gasteiger charge is 2.29. The lowest BCUT2D eigenvalue weighted by molar-refractivity contribution is -0.117. The molecule has 3 rings (SSSR count). The SMILES string of the molecule is Cc1cc(NC(=O)CN(CC2CC2)C(=O)c2cccs2)no1. The molecule has 1 aliphatic rings. The predicted molar refractivity (Wildman–Crippen MR) is 82.8 cm³/mol. The number of nitrogens with one attached hydrogen (secondary N) is 1. The molecule has 22 heavy (non-hydrogen) atoms. The molecule has 0 unspecified atom stereocenters. The molecule has 0 spiro atoms. The molecule has 7 heteroatoms. The second kappa shape index (κ2) is 6.31. The van der Waals surface area contributed by atoms with Gasteiger partial charge in [-0.05, 0) is 37.1 Å². The standard InChI is InChI=1S/C15H17N3O3S/c1-10-7-13(17-21-10)16-14(19)9-18(8-11-4-5-11)15(20)12-3-2-6-22-12/h2-3,6-7,11H,4-5,8-9H2,1H3,(H,16,17,19). The summed E-state index contributed by atoms with van der Waals surface area (Å²) in [6, 6.07) is 5.27. The summed E-state index contributed by atoms with van der Waals surface area (Å²) in [5, 5.41) is 8.24. The number of rotatable bonds is 6. The first-order valence-corrected chi connectivity index (χ1v) is 8.06. The summed E-state index contributed by atoms with van der Waals surface area (Å²) in [7, 11) is 0. The molecule has 1 fully saturated rings. The molecule has 0 atom stereocenters. The molecule has 0 radical (unpaired) electrons. The molecule has 2 aromatic heterocycles. The number of carbonyl (C=O) groups is 2. The number of anilines is 1. The van der Waals surface area contributed by atoms with Crippen molar-refractivity contribution in [2.45, 2.75) is 19.8 Å². The minimum absolute atomic E-state index is 0.0269. The number of aryl methyl sites for hydroxylation is 1. The number of carbonyl (C=O) groups excluding carboxylic acids is 2. The van der Waals surface area contributed by atoms with Crippen LogP contribution in [0.15, 0.2) is 28.1 Å². The lowest BCUT2D eigenvalue weighted by atomic mass is 10.3. The zero-order chi connectivity index (χ0) is 15.5. The number of hydrogen-bond acceptors (Lipinski definition) is 5. The quantitative estimate of drug-likeness (QED) is 0.888. The van der Waals surface area contributed by atoms with Crippen molar-refractivity contribution in [1.29, 1.82) is 0 Å². The van der Waals surface area contributed by atoms with Gasteiger partial charge in [0.2, 0.25) is 5.91 Å². The van der Waals surface area contributed by atoms with E-state index in [2.05, 4.69) is 10.5 Å². The van der Waals surface area contributed by atoms with Crippen LogP contribution in [-0.4, -0.2) is 35.0 Å². The summed E-state index contributed by atoms with van der Waals surface area (Å²) < 4.78 is 4.91. The minimum Gasteiger partial charge on any atom is -0.360 e. The van der Waals surface area contributed by atoms with Crippen LogP contribution in [0.25, 0.3) is 0 Å². The Morgan fingerprint density at radius 3 is 2.91 bits per heavy atom. The van der Waals surface area contributed by atoms with Gasteiger partial charge in [0.05, 0.1) is 4.88 Å². The highest BCUT2D eigenvalue weighted by atomic mass is 32.1. The molecule has 0 aliphatic heterocycles. The summed E-state index contributed by atoms with van der Waals surface area (Å²) in [4.78, 5) is 26.9. The zero-order valence-electron chi connectivity index (χ0n) is 12.2. The molecule has 1 saturated carbocycles. The van der Waals surface area contributed by atoms with E-state index in [1.54, 1.807) is 24.0 Å². The Hall–Kier alpha value is -2.15. The molecule has 2 heterocycles. The lowest BCUT2D eigenvalue weighted by Crippen LogP contribution is -2.39. The van der Waals surface area contributed by atoms with Gasteiger partial charge in [-0.1, -0.05) is 11.2 Å². The fourth-order valence-corrected chi connectivity index (χ4v) is 2.86. The van der Waals surface area contributed by atoms with Crippen molar-refractivity contribution in [3.63, 3.8) is 0 Å². The minimum atomic E-state index is -0.265. The van der Waals surface area contributed by atoms with Crippen molar-refractivity contribution in [2.24, 2.45) is 5.92 Å². The monoisotopic (exact) mass is 319 g/mol. The second-order valence-corrected chi connectivity index (χ2v) is 6.43. The lowest BCUT2D eigenvalue weighted by Gasteiger charge is -2.21. The van der Waals surface area contributed by atoms with E-state index in [9.17, 15) is 9.59 Å². The van der Waals surface area contributed by atoms with Gasteiger partial charge in [0, 0.05) is 12.6 Å². The van der Waals surface area contributed by atoms with Crippen molar-refractivity contribution in [3.8, 4) is 0 Å². The maximum absolute atomic E-state index is 12.5. The van der Waals surface area contributed by atoms with Crippen LogP contribution in [0.2, 0.25) is 0 Å². The van der Waals surface area contributed by atoms with Gasteiger partial charge in [-0.2, -0.15) is 0 Å². The van der Waals surface area contributed by atoms with Crippen molar-refractivity contribution < 1.29 is 14.1 Å². The summed E-state index contributed by atoms with van der Waals surface area (Å²) in [6.07, 6.45) is 2.25. The van der Waals surface area contributed by atoms with E-state index in [0.717, 1.165) is 12.8 Å². The Morgan fingerprint density at radius 1 is 1.50 bits per heavy atom. The average Bonchev–Trinajstić information content (AvgIpc) is 2.97. The van der Waals surface area contributed by atoms with Crippen LogP contribution in [0.4, 0.5) is 5.82 Å². The van der Waals surface area contributed by atoms with Crippen LogP contribution in [0.1, 0.15) is 28.3 Å².